The topological polar surface area (TPSA) is 67.2 Å². The number of nitrogens with one attached hydrogen (secondary N) is 1. The van der Waals surface area contributed by atoms with E-state index in [4.69, 9.17) is 11.6 Å². The number of aliphatic hydroxyl groups excluding tert-OH is 1. The number of hydrogen-bond acceptors (Lipinski definition) is 4. The maximum atomic E-state index is 12.0. The first kappa shape index (κ1) is 16.4. The van der Waals surface area contributed by atoms with E-state index in [0.29, 0.717) is 16.8 Å². The molecule has 122 valence electrons. The van der Waals surface area contributed by atoms with E-state index in [-0.39, 0.29) is 19.1 Å². The van der Waals surface area contributed by atoms with Gasteiger partial charge in [0.15, 0.2) is 5.16 Å². The lowest BCUT2D eigenvalue weighted by molar-refractivity contribution is -0.122. The van der Waals surface area contributed by atoms with E-state index in [2.05, 4.69) is 10.3 Å². The maximum absolute atomic E-state index is 12.0. The SMILES string of the molecule is O=C(Cn1c(CO)cnc1SCc1ccc(Cl)cc1)NC1CC1. The highest BCUT2D eigenvalue weighted by Crippen LogP contribution is 2.24. The summed E-state index contributed by atoms with van der Waals surface area (Å²) >= 11 is 7.42. The summed E-state index contributed by atoms with van der Waals surface area (Å²) in [7, 11) is 0. The predicted molar refractivity (Wildman–Crippen MR) is 90.3 cm³/mol. The number of thioether (sulfide) groups is 1. The molecule has 1 aliphatic carbocycles. The number of hydrogen-bond donors (Lipinski definition) is 2. The number of carbonyl (C=O) groups excluding carboxylic acids is 1. The van der Waals surface area contributed by atoms with Crippen molar-refractivity contribution in [1.82, 2.24) is 14.9 Å². The second kappa shape index (κ2) is 7.38. The van der Waals surface area contributed by atoms with Gasteiger partial charge in [0.2, 0.25) is 5.91 Å². The van der Waals surface area contributed by atoms with Gasteiger partial charge in [-0.1, -0.05) is 35.5 Å². The van der Waals surface area contributed by atoms with Gasteiger partial charge in [0.25, 0.3) is 0 Å². The molecule has 0 unspecified atom stereocenters. The molecule has 3 rings (SSSR count). The Bertz CT molecular complexity index is 683. The zero-order chi connectivity index (χ0) is 16.2. The molecule has 1 aromatic heterocycles. The summed E-state index contributed by atoms with van der Waals surface area (Å²) in [4.78, 5) is 16.4. The highest BCUT2D eigenvalue weighted by Gasteiger charge is 2.24. The highest BCUT2D eigenvalue weighted by atomic mass is 35.5. The number of halogens is 1. The van der Waals surface area contributed by atoms with Gasteiger partial charge in [-0.3, -0.25) is 4.79 Å². The van der Waals surface area contributed by atoms with Crippen molar-refractivity contribution in [2.45, 2.75) is 42.9 Å². The minimum absolute atomic E-state index is 0.0338. The monoisotopic (exact) mass is 351 g/mol. The van der Waals surface area contributed by atoms with Crippen molar-refractivity contribution >= 4 is 29.3 Å². The molecular weight excluding hydrogens is 334 g/mol. The van der Waals surface area contributed by atoms with Gasteiger partial charge in [-0.15, -0.1) is 0 Å². The first-order chi connectivity index (χ1) is 11.2. The average Bonchev–Trinajstić information content (AvgIpc) is 3.27. The predicted octanol–water partition coefficient (Wildman–Crippen LogP) is 2.60. The Morgan fingerprint density at radius 3 is 2.78 bits per heavy atom. The van der Waals surface area contributed by atoms with Crippen LogP contribution in [-0.4, -0.2) is 26.6 Å². The fourth-order valence-electron chi connectivity index (χ4n) is 2.18. The molecular formula is C16H18ClN3O2S. The van der Waals surface area contributed by atoms with Crippen LogP contribution in [0.3, 0.4) is 0 Å². The van der Waals surface area contributed by atoms with Crippen LogP contribution in [0.1, 0.15) is 24.1 Å². The van der Waals surface area contributed by atoms with Gasteiger partial charge < -0.3 is 15.0 Å². The van der Waals surface area contributed by atoms with Gasteiger partial charge in [-0.2, -0.15) is 0 Å². The third kappa shape index (κ3) is 4.50. The number of nitrogens with zero attached hydrogens (tertiary/aromatic N) is 2. The van der Waals surface area contributed by atoms with Gasteiger partial charge in [0.1, 0.15) is 6.54 Å². The molecule has 1 aliphatic rings. The second-order valence-corrected chi connectivity index (χ2v) is 6.91. The Balaban J connectivity index is 1.66. The van der Waals surface area contributed by atoms with Crippen molar-refractivity contribution in [1.29, 1.82) is 0 Å². The van der Waals surface area contributed by atoms with E-state index < -0.39 is 0 Å². The van der Waals surface area contributed by atoms with Crippen LogP contribution in [0.5, 0.6) is 0 Å². The largest absolute Gasteiger partial charge is 0.390 e. The highest BCUT2D eigenvalue weighted by molar-refractivity contribution is 7.98. The van der Waals surface area contributed by atoms with Crippen LogP contribution in [-0.2, 0) is 23.7 Å². The summed E-state index contributed by atoms with van der Waals surface area (Å²) < 4.78 is 1.78. The van der Waals surface area contributed by atoms with Crippen molar-refractivity contribution < 1.29 is 9.90 Å². The van der Waals surface area contributed by atoms with Crippen LogP contribution >= 0.6 is 23.4 Å². The summed E-state index contributed by atoms with van der Waals surface area (Å²) in [5.74, 6) is 0.692. The van der Waals surface area contributed by atoms with Crippen LogP contribution in [0.4, 0.5) is 0 Å². The van der Waals surface area contributed by atoms with Crippen LogP contribution in [0.15, 0.2) is 35.6 Å². The van der Waals surface area contributed by atoms with Gasteiger partial charge in [0.05, 0.1) is 18.5 Å². The van der Waals surface area contributed by atoms with Gasteiger partial charge >= 0.3 is 0 Å². The Morgan fingerprint density at radius 1 is 1.39 bits per heavy atom. The zero-order valence-electron chi connectivity index (χ0n) is 12.5. The van der Waals surface area contributed by atoms with Crippen molar-refractivity contribution in [3.05, 3.63) is 46.7 Å². The molecule has 0 aliphatic heterocycles. The molecule has 23 heavy (non-hydrogen) atoms. The van der Waals surface area contributed by atoms with Gasteiger partial charge in [-0.25, -0.2) is 4.98 Å². The molecule has 1 saturated carbocycles. The summed E-state index contributed by atoms with van der Waals surface area (Å²) in [5, 5.41) is 13.8. The molecule has 1 heterocycles. The van der Waals surface area contributed by atoms with E-state index in [1.165, 1.54) is 11.8 Å². The van der Waals surface area contributed by atoms with Crippen LogP contribution in [0.2, 0.25) is 5.02 Å². The van der Waals surface area contributed by atoms with Crippen LogP contribution < -0.4 is 5.32 Å². The standard InChI is InChI=1S/C16H18ClN3O2S/c17-12-3-1-11(2-4-12)10-23-16-18-7-14(9-21)20(16)8-15(22)19-13-5-6-13/h1-4,7,13,21H,5-6,8-10H2,(H,19,22). The molecule has 0 atom stereocenters. The molecule has 0 spiro atoms. The first-order valence-electron chi connectivity index (χ1n) is 7.47. The van der Waals surface area contributed by atoms with Crippen molar-refractivity contribution in [3.63, 3.8) is 0 Å². The van der Waals surface area contributed by atoms with Gasteiger partial charge in [-0.05, 0) is 30.5 Å². The molecule has 1 fully saturated rings. The van der Waals surface area contributed by atoms with E-state index >= 15 is 0 Å². The lowest BCUT2D eigenvalue weighted by Gasteiger charge is -2.11. The number of benzene rings is 1. The third-order valence-corrected chi connectivity index (χ3v) is 4.90. The fraction of sp³-hybridized carbons (Fsp3) is 0.375. The number of carbonyl (C=O) groups is 1. The van der Waals surface area contributed by atoms with Crippen molar-refractivity contribution in [3.8, 4) is 0 Å². The maximum Gasteiger partial charge on any atom is 0.240 e. The number of imidazole rings is 1. The third-order valence-electron chi connectivity index (χ3n) is 3.59. The van der Waals surface area contributed by atoms with Crippen molar-refractivity contribution in [2.75, 3.05) is 0 Å². The lowest BCUT2D eigenvalue weighted by Crippen LogP contribution is -2.30. The molecule has 7 heteroatoms. The molecule has 1 aromatic carbocycles. The lowest BCUT2D eigenvalue weighted by atomic mass is 10.2. The number of rotatable bonds is 7. The Morgan fingerprint density at radius 2 is 2.13 bits per heavy atom. The first-order valence-corrected chi connectivity index (χ1v) is 8.84. The molecule has 5 nitrogen and oxygen atoms in total. The van der Waals surface area contributed by atoms with Crippen LogP contribution in [0.25, 0.3) is 0 Å². The number of aliphatic hydroxyl groups is 1. The Labute approximate surface area is 144 Å². The molecule has 0 saturated heterocycles. The normalized spacial score (nSPS) is 14.0. The summed E-state index contributed by atoms with van der Waals surface area (Å²) in [6.45, 7) is 0.0561. The summed E-state index contributed by atoms with van der Waals surface area (Å²) in [6, 6.07) is 7.97. The molecule has 2 N–H and O–H groups in total. The van der Waals surface area contributed by atoms with E-state index in [1.807, 2.05) is 24.3 Å². The number of aromatic nitrogens is 2. The second-order valence-electron chi connectivity index (χ2n) is 5.53. The smallest absolute Gasteiger partial charge is 0.240 e. The Hall–Kier alpha value is -1.50. The zero-order valence-corrected chi connectivity index (χ0v) is 14.1. The minimum Gasteiger partial charge on any atom is -0.390 e. The van der Waals surface area contributed by atoms with Gasteiger partial charge in [0, 0.05) is 16.8 Å². The molecule has 1 amide bonds. The minimum atomic E-state index is -0.134. The molecule has 0 bridgehead atoms. The molecule has 2 aromatic rings. The summed E-state index contributed by atoms with van der Waals surface area (Å²) in [6.07, 6.45) is 3.73. The summed E-state index contributed by atoms with van der Waals surface area (Å²) in [5.41, 5.74) is 1.77. The van der Waals surface area contributed by atoms with Crippen molar-refractivity contribution in [2.24, 2.45) is 0 Å². The average molecular weight is 352 g/mol. The van der Waals surface area contributed by atoms with E-state index in [9.17, 15) is 9.90 Å². The fourth-order valence-corrected chi connectivity index (χ4v) is 3.25. The van der Waals surface area contributed by atoms with Crippen LogP contribution in [0, 0.1) is 0 Å². The molecule has 0 radical (unpaired) electrons. The quantitative estimate of drug-likeness (QED) is 0.752. The van der Waals surface area contributed by atoms with E-state index in [0.717, 1.165) is 29.3 Å². The Kier molecular flexibility index (Phi) is 5.25. The number of amides is 1. The van der Waals surface area contributed by atoms with E-state index in [1.54, 1.807) is 10.8 Å².